The number of amides is 2. The lowest BCUT2D eigenvalue weighted by molar-refractivity contribution is -0.123. The van der Waals surface area contributed by atoms with Crippen molar-refractivity contribution < 1.29 is 14.1 Å². The SMILES string of the molecule is Cc1cc(C(=O)N2CC(C(=O)Nc3ccccc3)C2)no1. The maximum atomic E-state index is 12.0. The number of carbonyl (C=O) groups excluding carboxylic acids is 2. The summed E-state index contributed by atoms with van der Waals surface area (Å²) in [5.74, 6) is 0.150. The van der Waals surface area contributed by atoms with Gasteiger partial charge in [0.15, 0.2) is 5.69 Å². The minimum absolute atomic E-state index is 0.0680. The van der Waals surface area contributed by atoms with Gasteiger partial charge in [-0.15, -0.1) is 0 Å². The Morgan fingerprint density at radius 2 is 2.00 bits per heavy atom. The molecule has 0 unspecified atom stereocenters. The number of hydrogen-bond donors (Lipinski definition) is 1. The number of anilines is 1. The fourth-order valence-corrected chi connectivity index (χ4v) is 2.21. The highest BCUT2D eigenvalue weighted by Crippen LogP contribution is 2.20. The number of benzene rings is 1. The summed E-state index contributed by atoms with van der Waals surface area (Å²) >= 11 is 0. The van der Waals surface area contributed by atoms with Crippen LogP contribution in [0.4, 0.5) is 5.69 Å². The molecule has 0 radical (unpaired) electrons. The van der Waals surface area contributed by atoms with Crippen LogP contribution in [0, 0.1) is 12.8 Å². The second-order valence-electron chi connectivity index (χ2n) is 5.09. The molecule has 2 aromatic rings. The zero-order chi connectivity index (χ0) is 14.8. The number of rotatable bonds is 3. The molecule has 108 valence electrons. The molecular weight excluding hydrogens is 270 g/mol. The minimum atomic E-state index is -0.199. The third kappa shape index (κ3) is 2.79. The first kappa shape index (κ1) is 13.4. The molecule has 0 aliphatic carbocycles. The van der Waals surface area contributed by atoms with Crippen molar-refractivity contribution in [1.82, 2.24) is 10.1 Å². The first-order chi connectivity index (χ1) is 10.1. The third-order valence-electron chi connectivity index (χ3n) is 3.43. The summed E-state index contributed by atoms with van der Waals surface area (Å²) in [7, 11) is 0. The molecule has 3 rings (SSSR count). The van der Waals surface area contributed by atoms with Crippen molar-refractivity contribution in [3.8, 4) is 0 Å². The van der Waals surface area contributed by atoms with Crippen LogP contribution in [0.1, 0.15) is 16.2 Å². The van der Waals surface area contributed by atoms with Crippen molar-refractivity contribution in [1.29, 1.82) is 0 Å². The molecule has 21 heavy (non-hydrogen) atoms. The van der Waals surface area contributed by atoms with Gasteiger partial charge in [-0.1, -0.05) is 23.4 Å². The average Bonchev–Trinajstić information content (AvgIpc) is 2.85. The molecule has 1 aromatic heterocycles. The number of nitrogens with one attached hydrogen (secondary N) is 1. The van der Waals surface area contributed by atoms with Gasteiger partial charge in [0, 0.05) is 24.8 Å². The van der Waals surface area contributed by atoms with Gasteiger partial charge in [-0.3, -0.25) is 9.59 Å². The summed E-state index contributed by atoms with van der Waals surface area (Å²) in [6.07, 6.45) is 0. The quantitative estimate of drug-likeness (QED) is 0.931. The van der Waals surface area contributed by atoms with E-state index in [1.54, 1.807) is 17.9 Å². The van der Waals surface area contributed by atoms with Crippen LogP contribution in [0.2, 0.25) is 0 Å². The van der Waals surface area contributed by atoms with Crippen molar-refractivity contribution in [3.05, 3.63) is 47.9 Å². The predicted octanol–water partition coefficient (Wildman–Crippen LogP) is 1.69. The number of aromatic nitrogens is 1. The number of likely N-dealkylation sites (tertiary alicyclic amines) is 1. The van der Waals surface area contributed by atoms with Gasteiger partial charge < -0.3 is 14.7 Å². The van der Waals surface area contributed by atoms with E-state index < -0.39 is 0 Å². The van der Waals surface area contributed by atoms with Crippen LogP contribution in [-0.2, 0) is 4.79 Å². The van der Waals surface area contributed by atoms with Gasteiger partial charge >= 0.3 is 0 Å². The van der Waals surface area contributed by atoms with Crippen LogP contribution in [0.25, 0.3) is 0 Å². The fraction of sp³-hybridized carbons (Fsp3) is 0.267. The van der Waals surface area contributed by atoms with Crippen molar-refractivity contribution >= 4 is 17.5 Å². The summed E-state index contributed by atoms with van der Waals surface area (Å²) in [5, 5.41) is 6.53. The summed E-state index contributed by atoms with van der Waals surface area (Å²) in [6, 6.07) is 10.9. The van der Waals surface area contributed by atoms with Gasteiger partial charge in [0.25, 0.3) is 5.91 Å². The molecule has 1 N–H and O–H groups in total. The maximum Gasteiger partial charge on any atom is 0.276 e. The first-order valence-electron chi connectivity index (χ1n) is 6.72. The Hall–Kier alpha value is -2.63. The number of carbonyl (C=O) groups is 2. The smallest absolute Gasteiger partial charge is 0.276 e. The summed E-state index contributed by atoms with van der Waals surface area (Å²) in [4.78, 5) is 25.6. The highest BCUT2D eigenvalue weighted by atomic mass is 16.5. The lowest BCUT2D eigenvalue weighted by Gasteiger charge is -2.37. The highest BCUT2D eigenvalue weighted by Gasteiger charge is 2.36. The Morgan fingerprint density at radius 1 is 1.29 bits per heavy atom. The maximum absolute atomic E-state index is 12.0. The molecule has 6 heteroatoms. The molecule has 1 aliphatic rings. The summed E-state index contributed by atoms with van der Waals surface area (Å²) in [6.45, 7) is 2.54. The molecule has 1 aromatic carbocycles. The molecule has 0 bridgehead atoms. The van der Waals surface area contributed by atoms with Crippen molar-refractivity contribution in [3.63, 3.8) is 0 Å². The normalized spacial score (nSPS) is 14.6. The van der Waals surface area contributed by atoms with Gasteiger partial charge in [0.2, 0.25) is 5.91 Å². The molecule has 1 saturated heterocycles. The number of aryl methyl sites for hydroxylation is 1. The van der Waals surface area contributed by atoms with E-state index in [1.807, 2.05) is 30.3 Å². The lowest BCUT2D eigenvalue weighted by Crippen LogP contribution is -2.54. The number of hydrogen-bond acceptors (Lipinski definition) is 4. The van der Waals surface area contributed by atoms with Crippen molar-refractivity contribution in [2.45, 2.75) is 6.92 Å². The first-order valence-corrected chi connectivity index (χ1v) is 6.72. The van der Waals surface area contributed by atoms with E-state index in [1.165, 1.54) is 0 Å². The van der Waals surface area contributed by atoms with E-state index in [0.717, 1.165) is 5.69 Å². The molecule has 0 spiro atoms. The summed E-state index contributed by atoms with van der Waals surface area (Å²) < 4.78 is 4.88. The molecule has 0 atom stereocenters. The second-order valence-corrected chi connectivity index (χ2v) is 5.09. The highest BCUT2D eigenvalue weighted by molar-refractivity contribution is 5.97. The largest absolute Gasteiger partial charge is 0.361 e. The second kappa shape index (κ2) is 5.40. The predicted molar refractivity (Wildman–Crippen MR) is 75.7 cm³/mol. The summed E-state index contributed by atoms with van der Waals surface area (Å²) in [5.41, 5.74) is 1.05. The molecule has 6 nitrogen and oxygen atoms in total. The average molecular weight is 285 g/mol. The van der Waals surface area contributed by atoms with Crippen LogP contribution < -0.4 is 5.32 Å². The van der Waals surface area contributed by atoms with E-state index >= 15 is 0 Å². The number of nitrogens with zero attached hydrogens (tertiary/aromatic N) is 2. The Bertz CT molecular complexity index is 660. The van der Waals surface area contributed by atoms with Gasteiger partial charge in [0.05, 0.1) is 5.92 Å². The zero-order valence-electron chi connectivity index (χ0n) is 11.6. The lowest BCUT2D eigenvalue weighted by atomic mass is 9.98. The van der Waals surface area contributed by atoms with E-state index in [4.69, 9.17) is 4.52 Å². The molecule has 2 amide bonds. The van der Waals surface area contributed by atoms with Gasteiger partial charge in [-0.2, -0.15) is 0 Å². The Balaban J connectivity index is 1.53. The van der Waals surface area contributed by atoms with Crippen molar-refractivity contribution in [2.75, 3.05) is 18.4 Å². The fourth-order valence-electron chi connectivity index (χ4n) is 2.21. The Kier molecular flexibility index (Phi) is 3.43. The van der Waals surface area contributed by atoms with Crippen LogP contribution in [0.15, 0.2) is 40.9 Å². The molecule has 1 aliphatic heterocycles. The van der Waals surface area contributed by atoms with Crippen LogP contribution in [-0.4, -0.2) is 35.0 Å². The van der Waals surface area contributed by atoms with E-state index in [0.29, 0.717) is 18.8 Å². The van der Waals surface area contributed by atoms with Crippen LogP contribution in [0.5, 0.6) is 0 Å². The van der Waals surface area contributed by atoms with Crippen LogP contribution >= 0.6 is 0 Å². The third-order valence-corrected chi connectivity index (χ3v) is 3.43. The van der Waals surface area contributed by atoms with E-state index in [-0.39, 0.29) is 23.4 Å². The monoisotopic (exact) mass is 285 g/mol. The van der Waals surface area contributed by atoms with Gasteiger partial charge in [-0.25, -0.2) is 0 Å². The van der Waals surface area contributed by atoms with Gasteiger partial charge in [-0.05, 0) is 19.1 Å². The topological polar surface area (TPSA) is 75.4 Å². The standard InChI is InChI=1S/C15H15N3O3/c1-10-7-13(17-21-10)15(20)18-8-11(9-18)14(19)16-12-5-3-2-4-6-12/h2-7,11H,8-9H2,1H3,(H,16,19). The zero-order valence-corrected chi connectivity index (χ0v) is 11.6. The molecule has 1 fully saturated rings. The van der Waals surface area contributed by atoms with E-state index in [9.17, 15) is 9.59 Å². The molecule has 0 saturated carbocycles. The number of para-hydroxylation sites is 1. The van der Waals surface area contributed by atoms with Crippen LogP contribution in [0.3, 0.4) is 0 Å². The molecule has 2 heterocycles. The van der Waals surface area contributed by atoms with E-state index in [2.05, 4.69) is 10.5 Å². The Labute approximate surface area is 121 Å². The Morgan fingerprint density at radius 3 is 2.62 bits per heavy atom. The van der Waals surface area contributed by atoms with Crippen molar-refractivity contribution in [2.24, 2.45) is 5.92 Å². The minimum Gasteiger partial charge on any atom is -0.361 e. The molecular formula is C15H15N3O3. The van der Waals surface area contributed by atoms with Gasteiger partial charge in [0.1, 0.15) is 5.76 Å².